The first kappa shape index (κ1) is 29.9. The third-order valence-corrected chi connectivity index (χ3v) is 6.15. The summed E-state index contributed by atoms with van der Waals surface area (Å²) in [5, 5.41) is 6.45. The fourth-order valence-corrected chi connectivity index (χ4v) is 3.67. The van der Waals surface area contributed by atoms with E-state index in [2.05, 4.69) is 15.6 Å². The Labute approximate surface area is 233 Å². The molecule has 0 bridgehead atoms. The van der Waals surface area contributed by atoms with Gasteiger partial charge in [-0.25, -0.2) is 4.39 Å². The Bertz CT molecular complexity index is 1420. The number of pyridine rings is 1. The van der Waals surface area contributed by atoms with Gasteiger partial charge in [0.05, 0.1) is 19.7 Å². The van der Waals surface area contributed by atoms with E-state index in [0.29, 0.717) is 47.0 Å². The van der Waals surface area contributed by atoms with Crippen molar-refractivity contribution in [3.63, 3.8) is 0 Å². The van der Waals surface area contributed by atoms with Crippen LogP contribution in [0, 0.1) is 11.2 Å². The molecule has 1 saturated carbocycles. The molecule has 0 atom stereocenters. The number of amides is 1. The highest BCUT2D eigenvalue weighted by molar-refractivity contribution is 6.07. The zero-order valence-electron chi connectivity index (χ0n) is 23.3. The van der Waals surface area contributed by atoms with Crippen LogP contribution in [0.15, 0.2) is 72.9 Å². The maximum Gasteiger partial charge on any atom is 0.237 e. The van der Waals surface area contributed by atoms with Crippen LogP contribution in [-0.4, -0.2) is 38.4 Å². The second kappa shape index (κ2) is 13.9. The van der Waals surface area contributed by atoms with E-state index in [1.807, 2.05) is 19.9 Å². The molecule has 1 amide bonds. The average Bonchev–Trinajstić information content (AvgIpc) is 3.81. The Hall–Kier alpha value is -4.66. The molecule has 0 radical (unpaired) electrons. The van der Waals surface area contributed by atoms with Crippen molar-refractivity contribution in [2.45, 2.75) is 26.7 Å². The molecule has 0 saturated heterocycles. The summed E-state index contributed by atoms with van der Waals surface area (Å²) in [6, 6.07) is 18.6. The number of benzene rings is 3. The van der Waals surface area contributed by atoms with E-state index < -0.39 is 5.41 Å². The quantitative estimate of drug-likeness (QED) is 0.184. The van der Waals surface area contributed by atoms with Crippen LogP contribution in [0.2, 0.25) is 0 Å². The van der Waals surface area contributed by atoms with E-state index in [-0.39, 0.29) is 11.7 Å². The summed E-state index contributed by atoms with van der Waals surface area (Å²) in [5.41, 5.74) is 1.41. The fraction of sp³-hybridized carbons (Fsp3) is 0.258. The van der Waals surface area contributed by atoms with Crippen LogP contribution in [0.4, 0.5) is 15.8 Å². The molecule has 1 fully saturated rings. The largest absolute Gasteiger partial charge is 0.493 e. The number of nitrogens with zero attached hydrogens (tertiary/aromatic N) is 1. The first-order valence-corrected chi connectivity index (χ1v) is 12.9. The minimum Gasteiger partial charge on any atom is -0.493 e. The van der Waals surface area contributed by atoms with Crippen molar-refractivity contribution in [3.05, 3.63) is 78.7 Å². The van der Waals surface area contributed by atoms with Crippen molar-refractivity contribution < 1.29 is 28.2 Å². The van der Waals surface area contributed by atoms with Crippen molar-refractivity contribution in [3.8, 4) is 23.0 Å². The normalized spacial score (nSPS) is 12.4. The molecule has 0 unspecified atom stereocenters. The van der Waals surface area contributed by atoms with E-state index in [1.54, 1.807) is 76.0 Å². The molecule has 2 N–H and O–H groups in total. The first-order chi connectivity index (χ1) is 19.4. The Morgan fingerprint density at radius 2 is 1.50 bits per heavy atom. The van der Waals surface area contributed by atoms with Crippen LogP contribution < -0.4 is 24.8 Å². The number of methoxy groups -OCH3 is 2. The minimum atomic E-state index is -0.842. The highest BCUT2D eigenvalue weighted by Gasteiger charge is 2.50. The number of halogens is 1. The van der Waals surface area contributed by atoms with Crippen molar-refractivity contribution in [2.24, 2.45) is 5.41 Å². The first-order valence-electron chi connectivity index (χ1n) is 12.9. The molecular weight excluding hydrogens is 513 g/mol. The van der Waals surface area contributed by atoms with Gasteiger partial charge in [0.2, 0.25) is 5.91 Å². The van der Waals surface area contributed by atoms with Gasteiger partial charge in [-0.3, -0.25) is 9.78 Å². The minimum absolute atomic E-state index is 0.200. The molecule has 210 valence electrons. The zero-order valence-corrected chi connectivity index (χ0v) is 23.3. The number of fused-ring (bicyclic) bond motifs is 1. The van der Waals surface area contributed by atoms with E-state index in [4.69, 9.17) is 14.2 Å². The van der Waals surface area contributed by atoms with Crippen molar-refractivity contribution in [1.82, 2.24) is 4.98 Å². The van der Waals surface area contributed by atoms with Crippen LogP contribution in [0.1, 0.15) is 26.7 Å². The Kier molecular flexibility index (Phi) is 10.4. The number of anilines is 2. The average molecular weight is 548 g/mol. The second-order valence-electron chi connectivity index (χ2n) is 8.64. The Morgan fingerprint density at radius 3 is 2.05 bits per heavy atom. The molecule has 1 aliphatic carbocycles. The van der Waals surface area contributed by atoms with E-state index in [9.17, 15) is 14.0 Å². The maximum absolute atomic E-state index is 12.2. The van der Waals surface area contributed by atoms with Gasteiger partial charge in [-0.1, -0.05) is 13.8 Å². The smallest absolute Gasteiger partial charge is 0.237 e. The third-order valence-electron chi connectivity index (χ3n) is 6.15. The number of aldehydes is 1. The van der Waals surface area contributed by atoms with Crippen LogP contribution in [-0.2, 0) is 9.59 Å². The number of hydrogen-bond acceptors (Lipinski definition) is 7. The lowest BCUT2D eigenvalue weighted by Gasteiger charge is -2.13. The van der Waals surface area contributed by atoms with E-state index in [1.165, 1.54) is 12.1 Å². The summed E-state index contributed by atoms with van der Waals surface area (Å²) in [7, 11) is 4.95. The topological polar surface area (TPSA) is 98.8 Å². The molecular formula is C31H34FN3O5. The van der Waals surface area contributed by atoms with Crippen molar-refractivity contribution in [2.75, 3.05) is 31.9 Å². The third kappa shape index (κ3) is 7.25. The van der Waals surface area contributed by atoms with Gasteiger partial charge < -0.3 is 29.6 Å². The lowest BCUT2D eigenvalue weighted by Crippen LogP contribution is -2.25. The molecule has 1 aliphatic rings. The second-order valence-corrected chi connectivity index (χ2v) is 8.64. The summed E-state index contributed by atoms with van der Waals surface area (Å²) in [4.78, 5) is 27.6. The molecule has 3 aromatic carbocycles. The standard InChI is InChI=1S/C22H20N2O5.C7H8FN.C2H6/c1-27-19-11-16-17(12-20(19)28-2)23-10-7-18(16)29-15-5-3-14(4-6-15)24-21(26)22(13-25)8-9-22;1-9-7-4-2-6(8)3-5-7;1-2/h3-7,10-13H,8-9H2,1-2H3,(H,24,26);2-5,9H,1H3;1-2H3. The molecule has 40 heavy (non-hydrogen) atoms. The van der Waals surface area contributed by atoms with Crippen molar-refractivity contribution in [1.29, 1.82) is 0 Å². The molecule has 4 aromatic rings. The van der Waals surface area contributed by atoms with Gasteiger partial charge in [0.15, 0.2) is 11.5 Å². The summed E-state index contributed by atoms with van der Waals surface area (Å²) < 4.78 is 28.9. The van der Waals surface area contributed by atoms with Crippen LogP contribution in [0.25, 0.3) is 10.9 Å². The number of hydrogen-bond donors (Lipinski definition) is 2. The van der Waals surface area contributed by atoms with Gasteiger partial charge >= 0.3 is 0 Å². The lowest BCUT2D eigenvalue weighted by atomic mass is 10.1. The molecule has 0 spiro atoms. The lowest BCUT2D eigenvalue weighted by molar-refractivity contribution is -0.126. The van der Waals surface area contributed by atoms with Crippen molar-refractivity contribution >= 4 is 34.5 Å². The maximum atomic E-state index is 12.2. The highest BCUT2D eigenvalue weighted by atomic mass is 19.1. The van der Waals surface area contributed by atoms with Crippen LogP contribution in [0.3, 0.4) is 0 Å². The monoisotopic (exact) mass is 547 g/mol. The summed E-state index contributed by atoms with van der Waals surface area (Å²) in [5.74, 6) is 1.93. The number of nitrogens with one attached hydrogen (secondary N) is 2. The van der Waals surface area contributed by atoms with Gasteiger partial charge in [0, 0.05) is 36.1 Å². The summed E-state index contributed by atoms with van der Waals surface area (Å²) in [6.07, 6.45) is 3.60. The van der Waals surface area contributed by atoms with E-state index >= 15 is 0 Å². The Balaban J connectivity index is 0.000000339. The molecule has 9 heteroatoms. The number of carbonyl (C=O) groups is 2. The summed E-state index contributed by atoms with van der Waals surface area (Å²) in [6.45, 7) is 4.00. The van der Waals surface area contributed by atoms with Gasteiger partial charge in [-0.05, 0) is 73.5 Å². The van der Waals surface area contributed by atoms with Gasteiger partial charge in [-0.2, -0.15) is 0 Å². The zero-order chi connectivity index (χ0) is 29.1. The molecule has 1 heterocycles. The van der Waals surface area contributed by atoms with Gasteiger partial charge in [0.25, 0.3) is 0 Å². The summed E-state index contributed by atoms with van der Waals surface area (Å²) >= 11 is 0. The fourth-order valence-electron chi connectivity index (χ4n) is 3.67. The number of rotatable bonds is 8. The van der Waals surface area contributed by atoms with Crippen LogP contribution >= 0.6 is 0 Å². The van der Waals surface area contributed by atoms with Gasteiger partial charge in [-0.15, -0.1) is 0 Å². The SMILES string of the molecule is CC.CNc1ccc(F)cc1.COc1cc2nccc(Oc3ccc(NC(=O)C4(C=O)CC4)cc3)c2cc1OC. The molecule has 0 aliphatic heterocycles. The molecule has 1 aromatic heterocycles. The molecule has 8 nitrogen and oxygen atoms in total. The number of carbonyl (C=O) groups excluding carboxylic acids is 2. The molecule has 5 rings (SSSR count). The van der Waals surface area contributed by atoms with Gasteiger partial charge in [0.1, 0.15) is 29.0 Å². The van der Waals surface area contributed by atoms with Crippen LogP contribution in [0.5, 0.6) is 23.0 Å². The van der Waals surface area contributed by atoms with E-state index in [0.717, 1.165) is 17.4 Å². The number of aromatic nitrogens is 1. The number of ether oxygens (including phenoxy) is 3. The predicted molar refractivity (Wildman–Crippen MR) is 155 cm³/mol. The highest BCUT2D eigenvalue weighted by Crippen LogP contribution is 2.44. The predicted octanol–water partition coefficient (Wildman–Crippen LogP) is 6.86. The Morgan fingerprint density at radius 1 is 0.900 bits per heavy atom.